The molecule has 2 aromatic rings. The topological polar surface area (TPSA) is 70.0 Å². The van der Waals surface area contributed by atoms with Gasteiger partial charge in [-0.05, 0) is 55.2 Å². The molecule has 1 aliphatic rings. The number of benzene rings is 2. The van der Waals surface area contributed by atoms with Gasteiger partial charge in [-0.25, -0.2) is 4.39 Å². The molecule has 2 N–H and O–H groups in total. The molecular formula is C23H28FNO4. The second-order valence-corrected chi connectivity index (χ2v) is 7.79. The normalized spacial score (nSPS) is 21.7. The van der Waals surface area contributed by atoms with Crippen LogP contribution >= 0.6 is 0 Å². The Hall–Kier alpha value is -2.44. The number of likely N-dealkylation sites (tertiary alicyclic amines) is 1. The number of nitrogens with zero attached hydrogens (tertiary/aromatic N) is 1. The van der Waals surface area contributed by atoms with Crippen LogP contribution < -0.4 is 4.74 Å². The number of aliphatic hydroxyl groups excluding tert-OH is 2. The molecule has 1 aliphatic heterocycles. The van der Waals surface area contributed by atoms with Crippen LogP contribution in [0.5, 0.6) is 5.75 Å². The van der Waals surface area contributed by atoms with Crippen molar-refractivity contribution in [2.45, 2.75) is 43.7 Å². The average molecular weight is 401 g/mol. The molecule has 0 aliphatic carbocycles. The number of carbonyl (C=O) groups is 1. The molecule has 0 saturated carbocycles. The first-order valence-corrected chi connectivity index (χ1v) is 9.87. The highest BCUT2D eigenvalue weighted by Gasteiger charge is 2.42. The van der Waals surface area contributed by atoms with Gasteiger partial charge in [0.25, 0.3) is 0 Å². The van der Waals surface area contributed by atoms with Gasteiger partial charge in [0.15, 0.2) is 0 Å². The molecule has 0 aromatic heterocycles. The highest BCUT2D eigenvalue weighted by atomic mass is 19.1. The summed E-state index contributed by atoms with van der Waals surface area (Å²) in [5.41, 5.74) is 1.21. The van der Waals surface area contributed by atoms with E-state index in [1.54, 1.807) is 19.2 Å². The lowest BCUT2D eigenvalue weighted by molar-refractivity contribution is -0.139. The van der Waals surface area contributed by atoms with Crippen LogP contribution in [-0.2, 0) is 10.2 Å². The molecule has 3 rings (SSSR count). The van der Waals surface area contributed by atoms with E-state index in [0.717, 1.165) is 16.9 Å². The van der Waals surface area contributed by atoms with Gasteiger partial charge in [0, 0.05) is 18.4 Å². The van der Waals surface area contributed by atoms with Gasteiger partial charge in [0.1, 0.15) is 11.6 Å². The van der Waals surface area contributed by atoms with E-state index in [-0.39, 0.29) is 37.2 Å². The van der Waals surface area contributed by atoms with Gasteiger partial charge in [-0.3, -0.25) is 4.79 Å². The molecule has 1 saturated heterocycles. The summed E-state index contributed by atoms with van der Waals surface area (Å²) in [5, 5.41) is 19.5. The molecule has 1 fully saturated rings. The summed E-state index contributed by atoms with van der Waals surface area (Å²) >= 11 is 0. The Morgan fingerprint density at radius 2 is 1.83 bits per heavy atom. The molecule has 3 atom stereocenters. The summed E-state index contributed by atoms with van der Waals surface area (Å²) in [6.45, 7) is 2.14. The van der Waals surface area contributed by atoms with E-state index < -0.39 is 11.5 Å². The summed E-state index contributed by atoms with van der Waals surface area (Å²) in [4.78, 5) is 15.0. The minimum Gasteiger partial charge on any atom is -0.497 e. The summed E-state index contributed by atoms with van der Waals surface area (Å²) in [6.07, 6.45) is 0.155. The first-order chi connectivity index (χ1) is 13.9. The fourth-order valence-electron chi connectivity index (χ4n) is 4.27. The van der Waals surface area contributed by atoms with Crippen LogP contribution in [0, 0.1) is 5.82 Å². The number of amides is 1. The Labute approximate surface area is 170 Å². The molecule has 156 valence electrons. The number of aliphatic hydroxyl groups is 2. The number of carbonyl (C=O) groups excluding carboxylic acids is 1. The monoisotopic (exact) mass is 401 g/mol. The number of halogens is 1. The number of hydrogen-bond donors (Lipinski definition) is 2. The van der Waals surface area contributed by atoms with Gasteiger partial charge in [-0.2, -0.15) is 0 Å². The summed E-state index contributed by atoms with van der Waals surface area (Å²) in [6, 6.07) is 13.7. The van der Waals surface area contributed by atoms with Crippen LogP contribution in [0.4, 0.5) is 4.39 Å². The smallest absolute Gasteiger partial charge is 0.223 e. The predicted molar refractivity (Wildman–Crippen MR) is 108 cm³/mol. The predicted octanol–water partition coefficient (Wildman–Crippen LogP) is 3.20. The van der Waals surface area contributed by atoms with Crippen molar-refractivity contribution in [1.82, 2.24) is 4.90 Å². The van der Waals surface area contributed by atoms with Crippen molar-refractivity contribution in [2.24, 2.45) is 0 Å². The molecule has 2 unspecified atom stereocenters. The van der Waals surface area contributed by atoms with Crippen LogP contribution in [0.25, 0.3) is 0 Å². The lowest BCUT2D eigenvalue weighted by Crippen LogP contribution is -2.48. The molecule has 2 aromatic carbocycles. The number of methoxy groups -OCH3 is 1. The molecule has 5 nitrogen and oxygen atoms in total. The maximum Gasteiger partial charge on any atom is 0.223 e. The lowest BCUT2D eigenvalue weighted by atomic mass is 9.68. The van der Waals surface area contributed by atoms with Gasteiger partial charge in [0.2, 0.25) is 5.91 Å². The molecule has 6 heteroatoms. The van der Waals surface area contributed by atoms with Crippen molar-refractivity contribution < 1.29 is 24.1 Å². The van der Waals surface area contributed by atoms with E-state index in [9.17, 15) is 19.4 Å². The Bertz CT molecular complexity index is 824. The van der Waals surface area contributed by atoms with E-state index in [2.05, 4.69) is 0 Å². The Balaban J connectivity index is 1.83. The van der Waals surface area contributed by atoms with E-state index in [1.807, 2.05) is 36.1 Å². The minimum atomic E-state index is -0.932. The van der Waals surface area contributed by atoms with Gasteiger partial charge >= 0.3 is 0 Å². The first-order valence-electron chi connectivity index (χ1n) is 9.87. The van der Waals surface area contributed by atoms with Crippen molar-refractivity contribution in [3.63, 3.8) is 0 Å². The van der Waals surface area contributed by atoms with Crippen molar-refractivity contribution in [1.29, 1.82) is 0 Å². The molecule has 1 heterocycles. The third-order valence-corrected chi connectivity index (χ3v) is 6.00. The number of hydrogen-bond acceptors (Lipinski definition) is 4. The number of rotatable bonds is 7. The molecular weight excluding hydrogens is 373 g/mol. The Kier molecular flexibility index (Phi) is 6.55. The third-order valence-electron chi connectivity index (χ3n) is 6.00. The fourth-order valence-corrected chi connectivity index (χ4v) is 4.27. The maximum atomic E-state index is 13.4. The zero-order chi connectivity index (χ0) is 21.0. The molecule has 1 amide bonds. The van der Waals surface area contributed by atoms with Crippen LogP contribution in [0.1, 0.15) is 43.4 Å². The van der Waals surface area contributed by atoms with E-state index >= 15 is 0 Å². The second-order valence-electron chi connectivity index (χ2n) is 7.79. The van der Waals surface area contributed by atoms with Gasteiger partial charge < -0.3 is 19.8 Å². The standard InChI is InChI=1S/C23H28FNO4/c1-16(17-3-9-21(29-2)10-4-17)25-12-11-23(14-22(25)28,13-20(27)15-26)18-5-7-19(24)8-6-18/h3-10,16,20,26-27H,11-15H2,1-2H3/t16-,20?,23?/m0/s1. The SMILES string of the molecule is COc1ccc([C@H](C)N2CCC(CC(O)CO)(c3ccc(F)cc3)CC2=O)cc1. The Morgan fingerprint density at radius 3 is 2.38 bits per heavy atom. The van der Waals surface area contributed by atoms with Crippen LogP contribution in [0.2, 0.25) is 0 Å². The molecule has 0 bridgehead atoms. The van der Waals surface area contributed by atoms with Crippen molar-refractivity contribution in [3.05, 3.63) is 65.5 Å². The lowest BCUT2D eigenvalue weighted by Gasteiger charge is -2.44. The fraction of sp³-hybridized carbons (Fsp3) is 0.435. The molecule has 0 radical (unpaired) electrons. The van der Waals surface area contributed by atoms with E-state index in [4.69, 9.17) is 4.74 Å². The third kappa shape index (κ3) is 4.60. The summed E-state index contributed by atoms with van der Waals surface area (Å²) in [5.74, 6) is 0.400. The summed E-state index contributed by atoms with van der Waals surface area (Å²) < 4.78 is 18.6. The highest BCUT2D eigenvalue weighted by molar-refractivity contribution is 5.79. The quantitative estimate of drug-likeness (QED) is 0.748. The number of piperidine rings is 1. The van der Waals surface area contributed by atoms with Crippen LogP contribution in [-0.4, -0.2) is 47.4 Å². The largest absolute Gasteiger partial charge is 0.497 e. The maximum absolute atomic E-state index is 13.4. The zero-order valence-corrected chi connectivity index (χ0v) is 16.8. The summed E-state index contributed by atoms with van der Waals surface area (Å²) in [7, 11) is 1.61. The van der Waals surface area contributed by atoms with Gasteiger partial charge in [-0.1, -0.05) is 24.3 Å². The highest BCUT2D eigenvalue weighted by Crippen LogP contribution is 2.42. The van der Waals surface area contributed by atoms with Crippen molar-refractivity contribution in [3.8, 4) is 5.75 Å². The van der Waals surface area contributed by atoms with E-state index in [1.165, 1.54) is 12.1 Å². The zero-order valence-electron chi connectivity index (χ0n) is 16.8. The van der Waals surface area contributed by atoms with Crippen LogP contribution in [0.3, 0.4) is 0 Å². The second kappa shape index (κ2) is 8.93. The Morgan fingerprint density at radius 1 is 1.17 bits per heavy atom. The van der Waals surface area contributed by atoms with Gasteiger partial charge in [0.05, 0.1) is 25.9 Å². The van der Waals surface area contributed by atoms with Gasteiger partial charge in [-0.15, -0.1) is 0 Å². The van der Waals surface area contributed by atoms with Crippen molar-refractivity contribution >= 4 is 5.91 Å². The molecule has 29 heavy (non-hydrogen) atoms. The average Bonchev–Trinajstić information content (AvgIpc) is 2.73. The van der Waals surface area contributed by atoms with Crippen LogP contribution in [0.15, 0.2) is 48.5 Å². The van der Waals surface area contributed by atoms with E-state index in [0.29, 0.717) is 13.0 Å². The number of ether oxygens (including phenoxy) is 1. The minimum absolute atomic E-state index is 0.0194. The van der Waals surface area contributed by atoms with Crippen molar-refractivity contribution in [2.75, 3.05) is 20.3 Å². The molecule has 0 spiro atoms. The first kappa shape index (κ1) is 21.3.